The van der Waals surface area contributed by atoms with E-state index >= 15 is 0 Å². The lowest BCUT2D eigenvalue weighted by Gasteiger charge is -2.31. The molecule has 6 rings (SSSR count). The largest absolute Gasteiger partial charge is 0.445 e. The van der Waals surface area contributed by atoms with Crippen molar-refractivity contribution in [1.29, 1.82) is 0 Å². The lowest BCUT2D eigenvalue weighted by atomic mass is 9.90. The Morgan fingerprint density at radius 3 is 2.51 bits per heavy atom. The number of nitrogens with zero attached hydrogens (tertiary/aromatic N) is 5. The van der Waals surface area contributed by atoms with E-state index < -0.39 is 0 Å². The summed E-state index contributed by atoms with van der Waals surface area (Å²) in [6, 6.07) is 22.2. The number of amides is 1. The van der Waals surface area contributed by atoms with Gasteiger partial charge in [-0.2, -0.15) is 0 Å². The molecule has 1 aliphatic heterocycles. The molecule has 0 aliphatic carbocycles. The van der Waals surface area contributed by atoms with Crippen molar-refractivity contribution in [2.24, 2.45) is 0 Å². The number of hydrogen-bond acceptors (Lipinski definition) is 5. The van der Waals surface area contributed by atoms with Gasteiger partial charge in [0.15, 0.2) is 0 Å². The second-order valence-electron chi connectivity index (χ2n) is 9.79. The predicted molar refractivity (Wildman–Crippen MR) is 147 cm³/mol. The maximum Gasteiger partial charge on any atom is 0.410 e. The topological polar surface area (TPSA) is 72.6 Å². The SMILES string of the molecule is Cc1nccc(-c2c(-c3ccc(F)cc3)nc3cc(C4CCN(C(=O)OCc5ccccc5)CC4)ccn23)n1. The molecule has 7 nitrogen and oxygen atoms in total. The van der Waals surface area contributed by atoms with Crippen LogP contribution in [0.15, 0.2) is 85.2 Å². The van der Waals surface area contributed by atoms with Crippen molar-refractivity contribution >= 4 is 11.7 Å². The average molecular weight is 522 g/mol. The maximum absolute atomic E-state index is 13.7. The molecule has 3 aromatic heterocycles. The molecule has 0 bridgehead atoms. The molecule has 1 amide bonds. The minimum Gasteiger partial charge on any atom is -0.445 e. The molecular weight excluding hydrogens is 493 g/mol. The van der Waals surface area contributed by atoms with Crippen LogP contribution in [0.3, 0.4) is 0 Å². The normalized spacial score (nSPS) is 14.1. The van der Waals surface area contributed by atoms with Gasteiger partial charge in [-0.15, -0.1) is 0 Å². The summed E-state index contributed by atoms with van der Waals surface area (Å²) in [6.07, 6.45) is 5.19. The van der Waals surface area contributed by atoms with E-state index in [2.05, 4.69) is 22.1 Å². The molecule has 196 valence electrons. The highest BCUT2D eigenvalue weighted by atomic mass is 19.1. The first-order chi connectivity index (χ1) is 19.0. The van der Waals surface area contributed by atoms with E-state index in [0.717, 1.165) is 46.7 Å². The standard InChI is InChI=1S/C31H28FN5O2/c1-21-33-15-11-27(34-21)30-29(24-7-9-26(32)10-8-24)35-28-19-25(14-18-37(28)30)23-12-16-36(17-13-23)31(38)39-20-22-5-3-2-4-6-22/h2-11,14-15,18-19,23H,12-13,16-17,20H2,1H3. The van der Waals surface area contributed by atoms with Crippen molar-refractivity contribution in [2.45, 2.75) is 32.3 Å². The molecule has 1 aliphatic rings. The number of aryl methyl sites for hydroxylation is 1. The molecule has 0 unspecified atom stereocenters. The van der Waals surface area contributed by atoms with Crippen molar-refractivity contribution in [2.75, 3.05) is 13.1 Å². The van der Waals surface area contributed by atoms with Gasteiger partial charge in [0.1, 0.15) is 23.9 Å². The summed E-state index contributed by atoms with van der Waals surface area (Å²) in [5, 5.41) is 0. The number of aromatic nitrogens is 4. The smallest absolute Gasteiger partial charge is 0.410 e. The summed E-state index contributed by atoms with van der Waals surface area (Å²) in [5.74, 6) is 0.682. The van der Waals surface area contributed by atoms with Gasteiger partial charge in [-0.3, -0.25) is 4.40 Å². The summed E-state index contributed by atoms with van der Waals surface area (Å²) in [4.78, 5) is 28.2. The highest BCUT2D eigenvalue weighted by Gasteiger charge is 2.26. The van der Waals surface area contributed by atoms with Crippen molar-refractivity contribution in [3.05, 3.63) is 108 Å². The number of halogens is 1. The van der Waals surface area contributed by atoms with Crippen LogP contribution in [0.1, 0.15) is 35.7 Å². The Kier molecular flexibility index (Phi) is 6.75. The number of imidazole rings is 1. The van der Waals surface area contributed by atoms with Crippen molar-refractivity contribution in [1.82, 2.24) is 24.3 Å². The van der Waals surface area contributed by atoms with E-state index in [1.807, 2.05) is 53.9 Å². The zero-order valence-corrected chi connectivity index (χ0v) is 21.6. The van der Waals surface area contributed by atoms with Gasteiger partial charge < -0.3 is 9.64 Å². The number of piperidine rings is 1. The summed E-state index contributed by atoms with van der Waals surface area (Å²) in [7, 11) is 0. The summed E-state index contributed by atoms with van der Waals surface area (Å²) < 4.78 is 21.2. The molecule has 0 spiro atoms. The highest BCUT2D eigenvalue weighted by Crippen LogP contribution is 2.34. The maximum atomic E-state index is 13.7. The Labute approximate surface area is 225 Å². The van der Waals surface area contributed by atoms with Crippen molar-refractivity contribution in [3.63, 3.8) is 0 Å². The number of likely N-dealkylation sites (tertiary alicyclic amines) is 1. The summed E-state index contributed by atoms with van der Waals surface area (Å²) in [6.45, 7) is 3.42. The number of fused-ring (bicyclic) bond motifs is 1. The molecule has 4 heterocycles. The van der Waals surface area contributed by atoms with E-state index in [1.165, 1.54) is 17.7 Å². The van der Waals surface area contributed by atoms with Crippen molar-refractivity contribution < 1.29 is 13.9 Å². The fraction of sp³-hybridized carbons (Fsp3) is 0.226. The second kappa shape index (κ2) is 10.6. The van der Waals surface area contributed by atoms with E-state index in [0.29, 0.717) is 24.8 Å². The lowest BCUT2D eigenvalue weighted by molar-refractivity contribution is 0.0870. The van der Waals surface area contributed by atoms with Crippen LogP contribution in [0.25, 0.3) is 28.3 Å². The molecule has 1 fully saturated rings. The van der Waals surface area contributed by atoms with Crippen molar-refractivity contribution in [3.8, 4) is 22.6 Å². The third-order valence-corrected chi connectivity index (χ3v) is 7.22. The zero-order chi connectivity index (χ0) is 26.8. The van der Waals surface area contributed by atoms with Crippen LogP contribution >= 0.6 is 0 Å². The minimum absolute atomic E-state index is 0.269. The molecule has 0 radical (unpaired) electrons. The third-order valence-electron chi connectivity index (χ3n) is 7.22. The lowest BCUT2D eigenvalue weighted by Crippen LogP contribution is -2.38. The quantitative estimate of drug-likeness (QED) is 0.267. The van der Waals surface area contributed by atoms with Gasteiger partial charge >= 0.3 is 6.09 Å². The molecule has 0 saturated carbocycles. The number of ether oxygens (including phenoxy) is 1. The number of hydrogen-bond donors (Lipinski definition) is 0. The summed E-state index contributed by atoms with van der Waals surface area (Å²) >= 11 is 0. The van der Waals surface area contributed by atoms with Gasteiger partial charge in [-0.05, 0) is 79.3 Å². The highest BCUT2D eigenvalue weighted by molar-refractivity contribution is 5.80. The monoisotopic (exact) mass is 521 g/mol. The van der Waals surface area contributed by atoms with Crippen LogP contribution in [-0.4, -0.2) is 43.4 Å². The zero-order valence-electron chi connectivity index (χ0n) is 21.6. The first-order valence-electron chi connectivity index (χ1n) is 13.1. The van der Waals surface area contributed by atoms with Crippen LogP contribution in [0, 0.1) is 12.7 Å². The third kappa shape index (κ3) is 5.23. The number of pyridine rings is 1. The Balaban J connectivity index is 1.23. The van der Waals surface area contributed by atoms with Gasteiger partial charge in [-0.1, -0.05) is 30.3 Å². The van der Waals surface area contributed by atoms with Gasteiger partial charge in [0, 0.05) is 31.0 Å². The van der Waals surface area contributed by atoms with Gasteiger partial charge in [0.25, 0.3) is 0 Å². The summed E-state index contributed by atoms with van der Waals surface area (Å²) in [5.41, 5.74) is 6.10. The van der Waals surface area contributed by atoms with Crippen LogP contribution in [0.5, 0.6) is 0 Å². The van der Waals surface area contributed by atoms with Crippen LogP contribution in [0.2, 0.25) is 0 Å². The number of benzene rings is 2. The fourth-order valence-electron chi connectivity index (χ4n) is 5.16. The number of rotatable bonds is 5. The molecular formula is C31H28FN5O2. The second-order valence-corrected chi connectivity index (χ2v) is 9.79. The number of carbonyl (C=O) groups is 1. The Morgan fingerprint density at radius 2 is 1.77 bits per heavy atom. The molecule has 0 N–H and O–H groups in total. The fourth-order valence-corrected chi connectivity index (χ4v) is 5.16. The minimum atomic E-state index is -0.292. The van der Waals surface area contributed by atoms with Gasteiger partial charge in [-0.25, -0.2) is 24.1 Å². The Hall–Kier alpha value is -4.59. The molecule has 1 saturated heterocycles. The van der Waals surface area contributed by atoms with Gasteiger partial charge in [0.2, 0.25) is 0 Å². The average Bonchev–Trinajstić information content (AvgIpc) is 3.36. The molecule has 8 heteroatoms. The number of carbonyl (C=O) groups excluding carboxylic acids is 1. The molecule has 0 atom stereocenters. The van der Waals surface area contributed by atoms with E-state index in [1.54, 1.807) is 23.2 Å². The van der Waals surface area contributed by atoms with Crippen LogP contribution < -0.4 is 0 Å². The predicted octanol–water partition coefficient (Wildman–Crippen LogP) is 6.42. The molecule has 5 aromatic rings. The van der Waals surface area contributed by atoms with Crippen LogP contribution in [-0.2, 0) is 11.3 Å². The molecule has 39 heavy (non-hydrogen) atoms. The Morgan fingerprint density at radius 1 is 1.00 bits per heavy atom. The van der Waals surface area contributed by atoms with Crippen LogP contribution in [0.4, 0.5) is 9.18 Å². The van der Waals surface area contributed by atoms with E-state index in [-0.39, 0.29) is 18.5 Å². The van der Waals surface area contributed by atoms with E-state index in [4.69, 9.17) is 9.72 Å². The van der Waals surface area contributed by atoms with Gasteiger partial charge in [0.05, 0.1) is 17.1 Å². The first kappa shape index (κ1) is 24.7. The first-order valence-corrected chi connectivity index (χ1v) is 13.1. The molecule has 2 aromatic carbocycles. The Bertz CT molecular complexity index is 1610. The van der Waals surface area contributed by atoms with E-state index in [9.17, 15) is 9.18 Å².